The van der Waals surface area contributed by atoms with Crippen molar-refractivity contribution >= 4 is 0 Å². The van der Waals surface area contributed by atoms with Crippen LogP contribution in [-0.2, 0) is 0 Å². The van der Waals surface area contributed by atoms with Gasteiger partial charge in [0.25, 0.3) is 0 Å². The third-order valence-corrected chi connectivity index (χ3v) is 1.21. The van der Waals surface area contributed by atoms with Crippen molar-refractivity contribution in [3.05, 3.63) is 48.5 Å². The lowest BCUT2D eigenvalue weighted by molar-refractivity contribution is 1.05. The normalized spacial score (nSPS) is 8.42. The molecule has 0 aliphatic carbocycles. The van der Waals surface area contributed by atoms with Crippen molar-refractivity contribution in [2.45, 2.75) is 6.92 Å². The topological polar surface area (TPSA) is 41.6 Å². The quantitative estimate of drug-likeness (QED) is 0.640. The highest BCUT2D eigenvalue weighted by Gasteiger charge is 1.73. The number of hydrogen-bond donors (Lipinski definition) is 1. The molecule has 0 atom stereocenters. The van der Waals surface area contributed by atoms with Crippen LogP contribution in [0.1, 0.15) is 5.69 Å². The molecule has 0 unspecified atom stereocenters. The Balaban J connectivity index is 0.000000120. The molecule has 0 spiro atoms. The number of aromatic amines is 1. The fraction of sp³-hybridized carbons (Fsp3) is 0.111. The third kappa shape index (κ3) is 3.51. The molecule has 1 N–H and O–H groups in total. The highest BCUT2D eigenvalue weighted by molar-refractivity contribution is 4.92. The molecule has 0 saturated heterocycles. The SMILES string of the molecule is Cc1ccn[nH]1.c1ccncc1. The Labute approximate surface area is 71.5 Å². The molecule has 3 nitrogen and oxygen atoms in total. The van der Waals surface area contributed by atoms with Crippen molar-refractivity contribution in [2.24, 2.45) is 0 Å². The van der Waals surface area contributed by atoms with Crippen LogP contribution in [0.5, 0.6) is 0 Å². The fourth-order valence-electron chi connectivity index (χ4n) is 0.638. The minimum absolute atomic E-state index is 1.11. The minimum Gasteiger partial charge on any atom is -0.283 e. The summed E-state index contributed by atoms with van der Waals surface area (Å²) in [6.45, 7) is 1.97. The molecule has 0 aliphatic heterocycles. The van der Waals surface area contributed by atoms with Crippen molar-refractivity contribution < 1.29 is 0 Å². The molecule has 0 aromatic carbocycles. The number of nitrogens with zero attached hydrogens (tertiary/aromatic N) is 2. The standard InChI is InChI=1S/C5H5N.C4H6N2/c1-2-4-6-5-3-1;1-4-2-3-5-6-4/h1-5H;2-3H,1H3,(H,5,6). The van der Waals surface area contributed by atoms with Crippen LogP contribution in [0.3, 0.4) is 0 Å². The summed E-state index contributed by atoms with van der Waals surface area (Å²) in [5.41, 5.74) is 1.11. The van der Waals surface area contributed by atoms with E-state index in [-0.39, 0.29) is 0 Å². The first-order valence-electron chi connectivity index (χ1n) is 3.70. The van der Waals surface area contributed by atoms with Crippen molar-refractivity contribution in [1.82, 2.24) is 15.2 Å². The van der Waals surface area contributed by atoms with Gasteiger partial charge in [0, 0.05) is 24.3 Å². The number of pyridine rings is 1. The van der Waals surface area contributed by atoms with Gasteiger partial charge in [-0.3, -0.25) is 10.1 Å². The molecule has 0 fully saturated rings. The van der Waals surface area contributed by atoms with Gasteiger partial charge in [-0.05, 0) is 25.1 Å². The van der Waals surface area contributed by atoms with Crippen LogP contribution in [-0.4, -0.2) is 15.2 Å². The number of nitrogens with one attached hydrogen (secondary N) is 1. The summed E-state index contributed by atoms with van der Waals surface area (Å²) in [4.78, 5) is 3.78. The monoisotopic (exact) mass is 161 g/mol. The molecule has 0 aliphatic rings. The van der Waals surface area contributed by atoms with E-state index in [0.717, 1.165) is 5.69 Å². The Kier molecular flexibility index (Phi) is 3.57. The van der Waals surface area contributed by atoms with Crippen molar-refractivity contribution in [1.29, 1.82) is 0 Å². The summed E-state index contributed by atoms with van der Waals surface area (Å²) in [5.74, 6) is 0. The molecule has 62 valence electrons. The van der Waals surface area contributed by atoms with E-state index >= 15 is 0 Å². The number of H-pyrrole nitrogens is 1. The van der Waals surface area contributed by atoms with E-state index in [0.29, 0.717) is 0 Å². The number of hydrogen-bond acceptors (Lipinski definition) is 2. The molecule has 0 amide bonds. The molecule has 2 rings (SSSR count). The molecule has 3 heteroatoms. The number of aryl methyl sites for hydroxylation is 1. The summed E-state index contributed by atoms with van der Waals surface area (Å²) in [7, 11) is 0. The van der Waals surface area contributed by atoms with Crippen LogP contribution in [0.15, 0.2) is 42.9 Å². The Hall–Kier alpha value is -1.64. The first kappa shape index (κ1) is 8.46. The molecule has 12 heavy (non-hydrogen) atoms. The van der Waals surface area contributed by atoms with E-state index in [1.807, 2.05) is 31.2 Å². The predicted molar refractivity (Wildman–Crippen MR) is 47.6 cm³/mol. The second kappa shape index (κ2) is 5.07. The van der Waals surface area contributed by atoms with Crippen molar-refractivity contribution in [2.75, 3.05) is 0 Å². The zero-order chi connectivity index (χ0) is 8.65. The van der Waals surface area contributed by atoms with E-state index in [2.05, 4.69) is 15.2 Å². The Bertz CT molecular complexity index is 249. The average molecular weight is 161 g/mol. The maximum atomic E-state index is 3.78. The first-order valence-corrected chi connectivity index (χ1v) is 3.70. The maximum absolute atomic E-state index is 3.78. The Morgan fingerprint density at radius 2 is 1.83 bits per heavy atom. The van der Waals surface area contributed by atoms with E-state index in [4.69, 9.17) is 0 Å². The lowest BCUT2D eigenvalue weighted by atomic mass is 10.5. The minimum atomic E-state index is 1.11. The largest absolute Gasteiger partial charge is 0.283 e. The van der Waals surface area contributed by atoms with Crippen LogP contribution < -0.4 is 0 Å². The van der Waals surface area contributed by atoms with Crippen LogP contribution in [0.4, 0.5) is 0 Å². The fourth-order valence-corrected chi connectivity index (χ4v) is 0.638. The summed E-state index contributed by atoms with van der Waals surface area (Å²) >= 11 is 0. The van der Waals surface area contributed by atoms with E-state index in [1.54, 1.807) is 18.6 Å². The number of aromatic nitrogens is 3. The summed E-state index contributed by atoms with van der Waals surface area (Å²) in [5, 5.41) is 6.45. The lowest BCUT2D eigenvalue weighted by Crippen LogP contribution is -1.65. The van der Waals surface area contributed by atoms with Crippen molar-refractivity contribution in [3.63, 3.8) is 0 Å². The second-order valence-corrected chi connectivity index (χ2v) is 2.26. The van der Waals surface area contributed by atoms with Gasteiger partial charge in [0.05, 0.1) is 0 Å². The number of rotatable bonds is 0. The van der Waals surface area contributed by atoms with Crippen LogP contribution in [0.2, 0.25) is 0 Å². The molecular weight excluding hydrogens is 150 g/mol. The van der Waals surface area contributed by atoms with E-state index in [1.165, 1.54) is 0 Å². The Morgan fingerprint density at radius 1 is 1.08 bits per heavy atom. The average Bonchev–Trinajstić information content (AvgIpc) is 2.60. The molecule has 0 saturated carbocycles. The van der Waals surface area contributed by atoms with E-state index < -0.39 is 0 Å². The van der Waals surface area contributed by atoms with Gasteiger partial charge in [0.15, 0.2) is 0 Å². The molecule has 0 radical (unpaired) electrons. The van der Waals surface area contributed by atoms with E-state index in [9.17, 15) is 0 Å². The molecule has 2 aromatic heterocycles. The zero-order valence-corrected chi connectivity index (χ0v) is 6.94. The van der Waals surface area contributed by atoms with Gasteiger partial charge in [0.1, 0.15) is 0 Å². The maximum Gasteiger partial charge on any atom is 0.0489 e. The predicted octanol–water partition coefficient (Wildman–Crippen LogP) is 1.80. The third-order valence-electron chi connectivity index (χ3n) is 1.21. The summed E-state index contributed by atoms with van der Waals surface area (Å²) in [6, 6.07) is 7.63. The highest BCUT2D eigenvalue weighted by atomic mass is 15.1. The van der Waals surface area contributed by atoms with Gasteiger partial charge in [-0.15, -0.1) is 0 Å². The summed E-state index contributed by atoms with van der Waals surface area (Å²) in [6.07, 6.45) is 5.23. The van der Waals surface area contributed by atoms with Gasteiger partial charge >= 0.3 is 0 Å². The van der Waals surface area contributed by atoms with Crippen LogP contribution in [0.25, 0.3) is 0 Å². The van der Waals surface area contributed by atoms with Crippen LogP contribution >= 0.6 is 0 Å². The molecule has 2 heterocycles. The zero-order valence-electron chi connectivity index (χ0n) is 6.94. The van der Waals surface area contributed by atoms with Gasteiger partial charge < -0.3 is 0 Å². The lowest BCUT2D eigenvalue weighted by Gasteiger charge is -1.70. The van der Waals surface area contributed by atoms with Gasteiger partial charge in [0.2, 0.25) is 0 Å². The second-order valence-electron chi connectivity index (χ2n) is 2.26. The highest BCUT2D eigenvalue weighted by Crippen LogP contribution is 1.82. The summed E-state index contributed by atoms with van der Waals surface area (Å²) < 4.78 is 0. The van der Waals surface area contributed by atoms with Gasteiger partial charge in [-0.25, -0.2) is 0 Å². The van der Waals surface area contributed by atoms with Gasteiger partial charge in [-0.1, -0.05) is 6.07 Å². The van der Waals surface area contributed by atoms with Crippen molar-refractivity contribution in [3.8, 4) is 0 Å². The molecule has 0 bridgehead atoms. The smallest absolute Gasteiger partial charge is 0.0489 e. The molecular formula is C9H11N3. The molecule has 2 aromatic rings. The van der Waals surface area contributed by atoms with Gasteiger partial charge in [-0.2, -0.15) is 5.10 Å². The first-order chi connectivity index (χ1) is 5.89. The Morgan fingerprint density at radius 3 is 2.00 bits per heavy atom. The van der Waals surface area contributed by atoms with Crippen LogP contribution in [0, 0.1) is 6.92 Å².